The third-order valence-electron chi connectivity index (χ3n) is 3.94. The summed E-state index contributed by atoms with van der Waals surface area (Å²) in [6, 6.07) is 9.48. The molecule has 0 heterocycles. The van der Waals surface area contributed by atoms with E-state index in [0.29, 0.717) is 18.7 Å². The number of rotatable bonds is 7. The molecule has 2 aromatic carbocycles. The van der Waals surface area contributed by atoms with Gasteiger partial charge in [0, 0.05) is 16.7 Å². The quantitative estimate of drug-likeness (QED) is 0.304. The average Bonchev–Trinajstić information content (AvgIpc) is 2.56. The van der Waals surface area contributed by atoms with Gasteiger partial charge in [-0.25, -0.2) is 4.39 Å². The normalized spacial score (nSPS) is 10.8. The van der Waals surface area contributed by atoms with E-state index in [-0.39, 0.29) is 42.2 Å². The Morgan fingerprint density at radius 2 is 1.43 bits per heavy atom. The molecular formula is C21H27Cl2FN2O2. The Hall–Kier alpha value is -1.92. The van der Waals surface area contributed by atoms with E-state index in [1.165, 1.54) is 18.2 Å². The van der Waals surface area contributed by atoms with Gasteiger partial charge in [0.15, 0.2) is 5.78 Å². The highest BCUT2D eigenvalue weighted by Gasteiger charge is 2.16. The maximum absolute atomic E-state index is 13.0. The summed E-state index contributed by atoms with van der Waals surface area (Å²) in [6.07, 6.45) is 3.15. The van der Waals surface area contributed by atoms with Crippen molar-refractivity contribution in [1.82, 2.24) is 0 Å². The molecule has 0 aliphatic carbocycles. The molecule has 0 unspecified atom stereocenters. The van der Waals surface area contributed by atoms with Crippen molar-refractivity contribution in [2.24, 2.45) is 0 Å². The number of carbonyl (C=O) groups excluding carboxylic acids is 1. The topological polar surface area (TPSA) is 46.2 Å². The lowest BCUT2D eigenvalue weighted by Gasteiger charge is -2.15. The molecule has 2 aromatic rings. The molecule has 0 fully saturated rings. The fraction of sp³-hybridized carbons (Fsp3) is 0.286. The molecule has 7 heteroatoms. The maximum Gasteiger partial charge on any atom is 0.185 e. The average molecular weight is 429 g/mol. The number of hydrogen-bond acceptors (Lipinski definition) is 2. The number of phenols is 1. The standard InChI is InChI=1S/C21H25FN2O2.2ClH/c1-23(2)13-17-11-16(12-18(21(17)26)14-24(3)4)20(25)10-7-15-5-8-19(22)9-6-15;;/h5-12,26H,13-14H2,1-4H3;2*1H/b10-7+;;. The molecule has 0 saturated carbocycles. The molecule has 0 aromatic heterocycles. The Bertz CT molecular complexity index is 776. The zero-order valence-corrected chi connectivity index (χ0v) is 18.0. The number of nitrogens with one attached hydrogen (secondary N) is 2. The van der Waals surface area contributed by atoms with Crippen molar-refractivity contribution in [3.8, 4) is 5.75 Å². The molecular weight excluding hydrogens is 402 g/mol. The smallest absolute Gasteiger partial charge is 0.185 e. The summed E-state index contributed by atoms with van der Waals surface area (Å²) >= 11 is 0. The first-order chi connectivity index (χ1) is 12.3. The number of allylic oxidation sites excluding steroid dienone is 1. The van der Waals surface area contributed by atoms with Gasteiger partial charge in [-0.15, -0.1) is 0 Å². The molecule has 3 N–H and O–H groups in total. The van der Waals surface area contributed by atoms with Crippen LogP contribution in [0.25, 0.3) is 6.08 Å². The molecule has 2 rings (SSSR count). The van der Waals surface area contributed by atoms with E-state index in [0.717, 1.165) is 26.5 Å². The van der Waals surface area contributed by atoms with E-state index in [2.05, 4.69) is 0 Å². The largest absolute Gasteiger partial charge is 1.00 e. The zero-order valence-electron chi connectivity index (χ0n) is 16.5. The van der Waals surface area contributed by atoms with Crippen LogP contribution in [0.5, 0.6) is 5.75 Å². The van der Waals surface area contributed by atoms with Gasteiger partial charge in [0.1, 0.15) is 24.7 Å². The van der Waals surface area contributed by atoms with Gasteiger partial charge < -0.3 is 39.7 Å². The van der Waals surface area contributed by atoms with Crippen LogP contribution in [0.15, 0.2) is 42.5 Å². The van der Waals surface area contributed by atoms with Crippen molar-refractivity contribution >= 4 is 11.9 Å². The number of quaternary nitrogens is 2. The first-order valence-electron chi connectivity index (χ1n) is 8.67. The van der Waals surface area contributed by atoms with Gasteiger partial charge in [-0.3, -0.25) is 4.79 Å². The fourth-order valence-corrected chi connectivity index (χ4v) is 2.78. The molecule has 0 bridgehead atoms. The molecule has 154 valence electrons. The molecule has 28 heavy (non-hydrogen) atoms. The number of phenolic OH excluding ortho intramolecular Hbond substituents is 1. The SMILES string of the molecule is C[NH+](C)Cc1cc(C(=O)/C=C/c2ccc(F)cc2)cc(C[NH+](C)C)c1O.[Cl-].[Cl-]. The Balaban J connectivity index is 0.00000364. The second-order valence-corrected chi connectivity index (χ2v) is 7.16. The van der Waals surface area contributed by atoms with Gasteiger partial charge in [-0.1, -0.05) is 18.2 Å². The van der Waals surface area contributed by atoms with Gasteiger partial charge in [0.25, 0.3) is 0 Å². The van der Waals surface area contributed by atoms with Crippen molar-refractivity contribution in [3.63, 3.8) is 0 Å². The van der Waals surface area contributed by atoms with Crippen LogP contribution >= 0.6 is 0 Å². The summed E-state index contributed by atoms with van der Waals surface area (Å²) in [5.74, 6) is -0.176. The molecule has 0 atom stereocenters. The summed E-state index contributed by atoms with van der Waals surface area (Å²) in [4.78, 5) is 14.9. The first-order valence-corrected chi connectivity index (χ1v) is 8.67. The van der Waals surface area contributed by atoms with E-state index in [4.69, 9.17) is 0 Å². The van der Waals surface area contributed by atoms with Crippen molar-refractivity contribution in [3.05, 3.63) is 70.5 Å². The molecule has 0 saturated heterocycles. The molecule has 0 spiro atoms. The number of aromatic hydroxyl groups is 1. The highest BCUT2D eigenvalue weighted by Crippen LogP contribution is 2.24. The Kier molecular flexibility index (Phi) is 11.0. The van der Waals surface area contributed by atoms with Crippen molar-refractivity contribution < 1.29 is 48.9 Å². The van der Waals surface area contributed by atoms with Crippen LogP contribution < -0.4 is 34.6 Å². The van der Waals surface area contributed by atoms with Crippen LogP contribution in [0.3, 0.4) is 0 Å². The number of carbonyl (C=O) groups is 1. The number of hydrogen-bond donors (Lipinski definition) is 3. The predicted molar refractivity (Wildman–Crippen MR) is 101 cm³/mol. The first kappa shape index (κ1) is 26.1. The van der Waals surface area contributed by atoms with Gasteiger partial charge in [0.2, 0.25) is 0 Å². The van der Waals surface area contributed by atoms with Crippen LogP contribution in [-0.4, -0.2) is 39.1 Å². The molecule has 0 amide bonds. The highest BCUT2D eigenvalue weighted by molar-refractivity contribution is 6.07. The Labute approximate surface area is 178 Å². The fourth-order valence-electron chi connectivity index (χ4n) is 2.78. The summed E-state index contributed by atoms with van der Waals surface area (Å²) in [6.45, 7) is 1.26. The Morgan fingerprint density at radius 1 is 0.964 bits per heavy atom. The van der Waals surface area contributed by atoms with Crippen molar-refractivity contribution in [1.29, 1.82) is 0 Å². The van der Waals surface area contributed by atoms with Crippen LogP contribution in [0.1, 0.15) is 27.0 Å². The molecule has 0 aliphatic heterocycles. The maximum atomic E-state index is 13.0. The minimum atomic E-state index is -0.307. The highest BCUT2D eigenvalue weighted by atomic mass is 35.5. The zero-order chi connectivity index (χ0) is 19.3. The third kappa shape index (κ3) is 7.60. The molecule has 4 nitrogen and oxygen atoms in total. The number of ketones is 1. The van der Waals surface area contributed by atoms with E-state index in [1.807, 2.05) is 28.2 Å². The lowest BCUT2D eigenvalue weighted by Crippen LogP contribution is -3.04. The minimum Gasteiger partial charge on any atom is -1.00 e. The summed E-state index contributed by atoms with van der Waals surface area (Å²) in [5.41, 5.74) is 2.84. The monoisotopic (exact) mass is 428 g/mol. The third-order valence-corrected chi connectivity index (χ3v) is 3.94. The second-order valence-electron chi connectivity index (χ2n) is 7.16. The van der Waals surface area contributed by atoms with Crippen LogP contribution in [0, 0.1) is 5.82 Å². The van der Waals surface area contributed by atoms with Crippen molar-refractivity contribution in [2.45, 2.75) is 13.1 Å². The van der Waals surface area contributed by atoms with Gasteiger partial charge >= 0.3 is 0 Å². The molecule has 0 aliphatic rings. The van der Waals surface area contributed by atoms with Gasteiger partial charge in [-0.05, 0) is 35.9 Å². The summed E-state index contributed by atoms with van der Waals surface area (Å²) in [7, 11) is 8.00. The van der Waals surface area contributed by atoms with E-state index in [9.17, 15) is 14.3 Å². The number of benzene rings is 2. The van der Waals surface area contributed by atoms with Crippen LogP contribution in [0.4, 0.5) is 4.39 Å². The van der Waals surface area contributed by atoms with Crippen LogP contribution in [-0.2, 0) is 13.1 Å². The lowest BCUT2D eigenvalue weighted by atomic mass is 10.00. The van der Waals surface area contributed by atoms with E-state index < -0.39 is 0 Å². The van der Waals surface area contributed by atoms with Gasteiger partial charge in [-0.2, -0.15) is 0 Å². The van der Waals surface area contributed by atoms with Crippen LogP contribution in [0.2, 0.25) is 0 Å². The van der Waals surface area contributed by atoms with Crippen molar-refractivity contribution in [2.75, 3.05) is 28.2 Å². The van der Waals surface area contributed by atoms with E-state index >= 15 is 0 Å². The lowest BCUT2D eigenvalue weighted by molar-refractivity contribution is -0.873. The minimum absolute atomic E-state index is 0. The summed E-state index contributed by atoms with van der Waals surface area (Å²) < 4.78 is 13.0. The molecule has 0 radical (unpaired) electrons. The Morgan fingerprint density at radius 3 is 1.86 bits per heavy atom. The summed E-state index contributed by atoms with van der Waals surface area (Å²) in [5, 5.41) is 10.5. The number of halogens is 3. The van der Waals surface area contributed by atoms with Gasteiger partial charge in [0.05, 0.1) is 28.2 Å². The second kappa shape index (κ2) is 11.8. The predicted octanol–water partition coefficient (Wildman–Crippen LogP) is -5.28. The van der Waals surface area contributed by atoms with E-state index in [1.54, 1.807) is 30.3 Å².